The second-order valence-electron chi connectivity index (χ2n) is 5.96. The van der Waals surface area contributed by atoms with Crippen molar-refractivity contribution in [3.63, 3.8) is 0 Å². The maximum Gasteiger partial charge on any atom is 0.239 e. The summed E-state index contributed by atoms with van der Waals surface area (Å²) in [5.41, 5.74) is 7.04. The number of methoxy groups -OCH3 is 1. The first kappa shape index (κ1) is 27.6. The van der Waals surface area contributed by atoms with Gasteiger partial charge in [-0.1, -0.05) is 30.3 Å². The van der Waals surface area contributed by atoms with Crippen molar-refractivity contribution in [2.24, 2.45) is 5.73 Å². The van der Waals surface area contributed by atoms with Crippen molar-refractivity contribution in [2.75, 3.05) is 53.0 Å². The van der Waals surface area contributed by atoms with Crippen LogP contribution in [0.4, 0.5) is 0 Å². The van der Waals surface area contributed by atoms with Crippen molar-refractivity contribution < 1.29 is 9.53 Å². The standard InChI is InChI=1S/C17H28N4O2.3ClH/c1-23-14-16(18)17(22)19-7-8-20-9-11-21(12-10-20)13-15-5-3-2-4-6-15;;;/h2-6,16H,7-14,18H2,1H3,(H,19,22);3*1H. The fraction of sp³-hybridized carbons (Fsp3) is 0.588. The van der Waals surface area contributed by atoms with Crippen LogP contribution in [0.15, 0.2) is 30.3 Å². The van der Waals surface area contributed by atoms with Gasteiger partial charge in [-0.2, -0.15) is 0 Å². The van der Waals surface area contributed by atoms with E-state index in [-0.39, 0.29) is 49.7 Å². The number of amides is 1. The summed E-state index contributed by atoms with van der Waals surface area (Å²) in [6.45, 7) is 6.96. The number of nitrogens with one attached hydrogen (secondary N) is 1. The Labute approximate surface area is 175 Å². The van der Waals surface area contributed by atoms with Crippen molar-refractivity contribution in [2.45, 2.75) is 12.6 Å². The topological polar surface area (TPSA) is 70.8 Å². The molecule has 1 fully saturated rings. The van der Waals surface area contributed by atoms with Crippen LogP contribution in [0.2, 0.25) is 0 Å². The highest BCUT2D eigenvalue weighted by molar-refractivity contribution is 5.86. The number of nitrogens with zero attached hydrogens (tertiary/aromatic N) is 2. The van der Waals surface area contributed by atoms with E-state index in [4.69, 9.17) is 10.5 Å². The quantitative estimate of drug-likeness (QED) is 0.649. The second-order valence-corrected chi connectivity index (χ2v) is 5.96. The van der Waals surface area contributed by atoms with Gasteiger partial charge < -0.3 is 15.8 Å². The maximum atomic E-state index is 11.7. The lowest BCUT2D eigenvalue weighted by Gasteiger charge is -2.34. The first-order valence-corrected chi connectivity index (χ1v) is 8.20. The third-order valence-electron chi connectivity index (χ3n) is 4.12. The van der Waals surface area contributed by atoms with Crippen LogP contribution in [-0.4, -0.2) is 74.7 Å². The van der Waals surface area contributed by atoms with Crippen molar-refractivity contribution in [3.05, 3.63) is 35.9 Å². The minimum atomic E-state index is -0.581. The minimum absolute atomic E-state index is 0. The van der Waals surface area contributed by atoms with Gasteiger partial charge in [0.25, 0.3) is 0 Å². The van der Waals surface area contributed by atoms with Crippen LogP contribution in [0.5, 0.6) is 0 Å². The van der Waals surface area contributed by atoms with E-state index in [1.54, 1.807) is 7.11 Å². The van der Waals surface area contributed by atoms with Gasteiger partial charge in [0, 0.05) is 52.9 Å². The number of carbonyl (C=O) groups is 1. The van der Waals surface area contributed by atoms with E-state index < -0.39 is 6.04 Å². The number of halogens is 3. The predicted octanol–water partition coefficient (Wildman–Crippen LogP) is 1.16. The Morgan fingerprint density at radius 1 is 1.12 bits per heavy atom. The van der Waals surface area contributed by atoms with Crippen LogP contribution in [0, 0.1) is 0 Å². The van der Waals surface area contributed by atoms with Crippen molar-refractivity contribution in [1.82, 2.24) is 15.1 Å². The Kier molecular flexibility index (Phi) is 16.4. The Balaban J connectivity index is 0. The molecule has 9 heteroatoms. The summed E-state index contributed by atoms with van der Waals surface area (Å²) in [4.78, 5) is 16.5. The van der Waals surface area contributed by atoms with E-state index >= 15 is 0 Å². The van der Waals surface area contributed by atoms with Crippen LogP contribution < -0.4 is 11.1 Å². The summed E-state index contributed by atoms with van der Waals surface area (Å²) < 4.78 is 4.88. The Bertz CT molecular complexity index is 474. The molecule has 6 nitrogen and oxygen atoms in total. The molecule has 0 spiro atoms. The van der Waals surface area contributed by atoms with Crippen LogP contribution in [0.3, 0.4) is 0 Å². The lowest BCUT2D eigenvalue weighted by molar-refractivity contribution is -0.123. The first-order chi connectivity index (χ1) is 11.2. The monoisotopic (exact) mass is 428 g/mol. The molecule has 0 radical (unpaired) electrons. The van der Waals surface area contributed by atoms with Crippen molar-refractivity contribution >= 4 is 43.1 Å². The van der Waals surface area contributed by atoms with Gasteiger partial charge in [0.1, 0.15) is 6.04 Å². The van der Waals surface area contributed by atoms with Gasteiger partial charge in [-0.05, 0) is 5.56 Å². The number of rotatable bonds is 8. The summed E-state index contributed by atoms with van der Waals surface area (Å²) in [5.74, 6) is -0.144. The molecule has 1 aromatic rings. The zero-order valence-electron chi connectivity index (χ0n) is 15.1. The molecule has 0 saturated carbocycles. The average Bonchev–Trinajstić information content (AvgIpc) is 2.57. The van der Waals surface area contributed by atoms with Crippen LogP contribution in [0.25, 0.3) is 0 Å². The Hall–Kier alpha value is -0.600. The average molecular weight is 430 g/mol. The first-order valence-electron chi connectivity index (χ1n) is 8.20. The van der Waals surface area contributed by atoms with E-state index in [0.717, 1.165) is 39.3 Å². The molecule has 0 aliphatic carbocycles. The lowest BCUT2D eigenvalue weighted by Crippen LogP contribution is -2.49. The molecule has 152 valence electrons. The molecule has 2 rings (SSSR count). The van der Waals surface area contributed by atoms with Crippen LogP contribution in [0.1, 0.15) is 5.56 Å². The van der Waals surface area contributed by atoms with Gasteiger partial charge in [-0.3, -0.25) is 14.6 Å². The molecule has 0 aromatic heterocycles. The molecule has 1 saturated heterocycles. The highest BCUT2D eigenvalue weighted by Gasteiger charge is 2.17. The van der Waals surface area contributed by atoms with Gasteiger partial charge >= 0.3 is 0 Å². The smallest absolute Gasteiger partial charge is 0.239 e. The number of piperazine rings is 1. The van der Waals surface area contributed by atoms with Crippen LogP contribution >= 0.6 is 37.2 Å². The normalized spacial score (nSPS) is 15.8. The summed E-state index contributed by atoms with van der Waals surface area (Å²) in [7, 11) is 1.54. The second kappa shape index (κ2) is 15.5. The van der Waals surface area contributed by atoms with Gasteiger partial charge in [0.2, 0.25) is 5.91 Å². The maximum absolute atomic E-state index is 11.7. The summed E-state index contributed by atoms with van der Waals surface area (Å²) in [6, 6.07) is 9.98. The third-order valence-corrected chi connectivity index (χ3v) is 4.12. The number of nitrogens with two attached hydrogens (primary N) is 1. The molecule has 1 aliphatic heterocycles. The number of benzene rings is 1. The molecule has 1 heterocycles. The third kappa shape index (κ3) is 9.92. The van der Waals surface area contributed by atoms with Gasteiger partial charge in [0.05, 0.1) is 6.61 Å². The van der Waals surface area contributed by atoms with Gasteiger partial charge in [-0.25, -0.2) is 0 Å². The molecule has 1 aliphatic rings. The van der Waals surface area contributed by atoms with Gasteiger partial charge in [0.15, 0.2) is 0 Å². The van der Waals surface area contributed by atoms with Gasteiger partial charge in [-0.15, -0.1) is 37.2 Å². The molecule has 1 atom stereocenters. The molecule has 1 aromatic carbocycles. The minimum Gasteiger partial charge on any atom is -0.383 e. The largest absolute Gasteiger partial charge is 0.383 e. The molecule has 1 unspecified atom stereocenters. The fourth-order valence-corrected chi connectivity index (χ4v) is 2.74. The lowest BCUT2D eigenvalue weighted by atomic mass is 10.2. The summed E-state index contributed by atoms with van der Waals surface area (Å²) in [5, 5.41) is 2.87. The van der Waals surface area contributed by atoms with E-state index in [0.29, 0.717) is 6.54 Å². The number of hydrogen-bond donors (Lipinski definition) is 2. The number of hydrogen-bond acceptors (Lipinski definition) is 5. The van der Waals surface area contributed by atoms with E-state index in [2.05, 4.69) is 39.4 Å². The zero-order valence-corrected chi connectivity index (χ0v) is 17.6. The molecule has 1 amide bonds. The zero-order chi connectivity index (χ0) is 16.5. The molecule has 0 bridgehead atoms. The molecular formula is C17H31Cl3N4O2. The molecule has 26 heavy (non-hydrogen) atoms. The van der Waals surface area contributed by atoms with Crippen molar-refractivity contribution in [3.8, 4) is 0 Å². The predicted molar refractivity (Wildman–Crippen MR) is 113 cm³/mol. The number of ether oxygens (including phenoxy) is 1. The Morgan fingerprint density at radius 2 is 1.69 bits per heavy atom. The molecule has 3 N–H and O–H groups in total. The van der Waals surface area contributed by atoms with E-state index in [1.165, 1.54) is 5.56 Å². The van der Waals surface area contributed by atoms with E-state index in [1.807, 2.05) is 6.07 Å². The van der Waals surface area contributed by atoms with E-state index in [9.17, 15) is 4.79 Å². The highest BCUT2D eigenvalue weighted by atomic mass is 35.5. The summed E-state index contributed by atoms with van der Waals surface area (Å²) >= 11 is 0. The fourth-order valence-electron chi connectivity index (χ4n) is 2.74. The summed E-state index contributed by atoms with van der Waals surface area (Å²) in [6.07, 6.45) is 0. The SMILES string of the molecule is COCC(N)C(=O)NCCN1CCN(Cc2ccccc2)CC1.Cl.Cl.Cl. The Morgan fingerprint density at radius 3 is 2.27 bits per heavy atom. The molecular weight excluding hydrogens is 399 g/mol. The van der Waals surface area contributed by atoms with Crippen LogP contribution in [-0.2, 0) is 16.1 Å². The van der Waals surface area contributed by atoms with Crippen molar-refractivity contribution in [1.29, 1.82) is 0 Å². The number of carbonyl (C=O) groups excluding carboxylic acids is 1. The highest BCUT2D eigenvalue weighted by Crippen LogP contribution is 2.07.